The van der Waals surface area contributed by atoms with Crippen LogP contribution in [0.3, 0.4) is 0 Å². The maximum Gasteiger partial charge on any atom is 0.214 e. The average molecular weight is 208 g/mol. The number of pyridine rings is 1. The fraction of sp³-hybridized carbons (Fsp3) is 0.545. The van der Waals surface area contributed by atoms with Gasteiger partial charge in [0.15, 0.2) is 0 Å². The van der Waals surface area contributed by atoms with Crippen LogP contribution in [0, 0.1) is 6.92 Å². The molecule has 2 heterocycles. The van der Waals surface area contributed by atoms with Crippen LogP contribution in [-0.4, -0.2) is 31.3 Å². The van der Waals surface area contributed by atoms with Gasteiger partial charge in [-0.1, -0.05) is 0 Å². The standard InChI is InChI=1S/C11H16N2O2/c1-8-3-9(5-12-2)4-11(13-8)15-10-6-14-7-10/h3-4,10,12H,5-7H2,1-2H3. The Labute approximate surface area is 89.6 Å². The van der Waals surface area contributed by atoms with Crippen molar-refractivity contribution in [3.05, 3.63) is 23.4 Å². The van der Waals surface area contributed by atoms with E-state index in [4.69, 9.17) is 9.47 Å². The summed E-state index contributed by atoms with van der Waals surface area (Å²) in [6, 6.07) is 4.03. The summed E-state index contributed by atoms with van der Waals surface area (Å²) in [4.78, 5) is 4.33. The minimum atomic E-state index is 0.182. The normalized spacial score (nSPS) is 16.1. The van der Waals surface area contributed by atoms with E-state index in [2.05, 4.69) is 16.4 Å². The van der Waals surface area contributed by atoms with Gasteiger partial charge in [-0.2, -0.15) is 0 Å². The van der Waals surface area contributed by atoms with Crippen LogP contribution >= 0.6 is 0 Å². The number of hydrogen-bond acceptors (Lipinski definition) is 4. The van der Waals surface area contributed by atoms with Crippen LogP contribution in [0.2, 0.25) is 0 Å². The van der Waals surface area contributed by atoms with Gasteiger partial charge in [0, 0.05) is 18.3 Å². The lowest BCUT2D eigenvalue weighted by molar-refractivity contribution is -0.0814. The number of ether oxygens (including phenoxy) is 2. The summed E-state index contributed by atoms with van der Waals surface area (Å²) in [5.74, 6) is 0.702. The molecule has 0 saturated carbocycles. The van der Waals surface area contributed by atoms with Crippen molar-refractivity contribution in [3.63, 3.8) is 0 Å². The summed E-state index contributed by atoms with van der Waals surface area (Å²) >= 11 is 0. The van der Waals surface area contributed by atoms with Crippen molar-refractivity contribution >= 4 is 0 Å². The molecule has 0 aromatic carbocycles. The van der Waals surface area contributed by atoms with Crippen molar-refractivity contribution in [1.82, 2.24) is 10.3 Å². The van der Waals surface area contributed by atoms with E-state index in [1.54, 1.807) is 0 Å². The molecule has 4 heteroatoms. The molecule has 1 aromatic heterocycles. The molecule has 1 aliphatic heterocycles. The molecule has 1 fully saturated rings. The first-order valence-electron chi connectivity index (χ1n) is 5.14. The number of hydrogen-bond donors (Lipinski definition) is 1. The molecule has 15 heavy (non-hydrogen) atoms. The van der Waals surface area contributed by atoms with Crippen molar-refractivity contribution in [1.29, 1.82) is 0 Å². The van der Waals surface area contributed by atoms with Gasteiger partial charge >= 0.3 is 0 Å². The van der Waals surface area contributed by atoms with Gasteiger partial charge < -0.3 is 14.8 Å². The fourth-order valence-electron chi connectivity index (χ4n) is 1.53. The lowest BCUT2D eigenvalue weighted by Gasteiger charge is -2.26. The van der Waals surface area contributed by atoms with Gasteiger partial charge in [-0.25, -0.2) is 4.98 Å². The topological polar surface area (TPSA) is 43.4 Å². The first kappa shape index (κ1) is 10.4. The quantitative estimate of drug-likeness (QED) is 0.798. The molecule has 0 radical (unpaired) electrons. The highest BCUT2D eigenvalue weighted by Crippen LogP contribution is 2.16. The van der Waals surface area contributed by atoms with E-state index in [0.717, 1.165) is 12.2 Å². The predicted molar refractivity (Wildman–Crippen MR) is 57.0 cm³/mol. The number of aromatic nitrogens is 1. The Morgan fingerprint density at radius 2 is 2.33 bits per heavy atom. The predicted octanol–water partition coefficient (Wildman–Crippen LogP) is 0.887. The van der Waals surface area contributed by atoms with Gasteiger partial charge in [-0.05, 0) is 25.6 Å². The van der Waals surface area contributed by atoms with Crippen LogP contribution in [0.25, 0.3) is 0 Å². The summed E-state index contributed by atoms with van der Waals surface area (Å²) in [5.41, 5.74) is 2.18. The minimum Gasteiger partial charge on any atom is -0.469 e. The van der Waals surface area contributed by atoms with Gasteiger partial charge in [0.05, 0.1) is 13.2 Å². The highest BCUT2D eigenvalue weighted by Gasteiger charge is 2.20. The summed E-state index contributed by atoms with van der Waals surface area (Å²) in [7, 11) is 1.93. The maximum atomic E-state index is 5.65. The monoisotopic (exact) mass is 208 g/mol. The molecular weight excluding hydrogens is 192 g/mol. The lowest BCUT2D eigenvalue weighted by Crippen LogP contribution is -2.38. The van der Waals surface area contributed by atoms with Crippen molar-refractivity contribution in [2.75, 3.05) is 20.3 Å². The second-order valence-electron chi connectivity index (χ2n) is 3.76. The van der Waals surface area contributed by atoms with Crippen molar-refractivity contribution in [3.8, 4) is 5.88 Å². The van der Waals surface area contributed by atoms with E-state index in [1.807, 2.05) is 20.0 Å². The fourth-order valence-corrected chi connectivity index (χ4v) is 1.53. The molecule has 0 aliphatic carbocycles. The molecule has 1 saturated heterocycles. The van der Waals surface area contributed by atoms with Crippen LogP contribution in [0.4, 0.5) is 0 Å². The van der Waals surface area contributed by atoms with E-state index >= 15 is 0 Å². The van der Waals surface area contributed by atoms with E-state index in [0.29, 0.717) is 19.1 Å². The first-order valence-corrected chi connectivity index (χ1v) is 5.14. The highest BCUT2D eigenvalue weighted by molar-refractivity contribution is 5.24. The third-order valence-electron chi connectivity index (χ3n) is 2.27. The molecule has 1 aromatic rings. The summed E-state index contributed by atoms with van der Waals surface area (Å²) in [6.07, 6.45) is 0.182. The number of nitrogens with one attached hydrogen (secondary N) is 1. The molecule has 0 spiro atoms. The van der Waals surface area contributed by atoms with Crippen LogP contribution in [0.15, 0.2) is 12.1 Å². The largest absolute Gasteiger partial charge is 0.469 e. The van der Waals surface area contributed by atoms with E-state index in [1.165, 1.54) is 5.56 Å². The van der Waals surface area contributed by atoms with Crippen LogP contribution < -0.4 is 10.1 Å². The smallest absolute Gasteiger partial charge is 0.214 e. The van der Waals surface area contributed by atoms with E-state index in [9.17, 15) is 0 Å². The molecule has 0 bridgehead atoms. The Kier molecular flexibility index (Phi) is 3.18. The third kappa shape index (κ3) is 2.67. The number of rotatable bonds is 4. The lowest BCUT2D eigenvalue weighted by atomic mass is 10.2. The second-order valence-corrected chi connectivity index (χ2v) is 3.76. The molecular formula is C11H16N2O2. The SMILES string of the molecule is CNCc1cc(C)nc(OC2COC2)c1. The highest BCUT2D eigenvalue weighted by atomic mass is 16.6. The third-order valence-corrected chi connectivity index (χ3v) is 2.27. The molecule has 82 valence electrons. The Bertz CT molecular complexity index is 337. The van der Waals surface area contributed by atoms with Gasteiger partial charge in [0.25, 0.3) is 0 Å². The molecule has 0 atom stereocenters. The summed E-state index contributed by atoms with van der Waals surface area (Å²) < 4.78 is 10.7. The molecule has 1 N–H and O–H groups in total. The zero-order valence-electron chi connectivity index (χ0n) is 9.12. The molecule has 0 amide bonds. The van der Waals surface area contributed by atoms with Crippen molar-refractivity contribution in [2.24, 2.45) is 0 Å². The van der Waals surface area contributed by atoms with Gasteiger partial charge in [-0.3, -0.25) is 0 Å². The van der Waals surface area contributed by atoms with Crippen LogP contribution in [-0.2, 0) is 11.3 Å². The van der Waals surface area contributed by atoms with Gasteiger partial charge in [0.2, 0.25) is 5.88 Å². The van der Waals surface area contributed by atoms with Gasteiger partial charge in [0.1, 0.15) is 6.10 Å². The Balaban J connectivity index is 2.07. The minimum absolute atomic E-state index is 0.182. The zero-order valence-corrected chi connectivity index (χ0v) is 9.12. The van der Waals surface area contributed by atoms with Crippen LogP contribution in [0.5, 0.6) is 5.88 Å². The summed E-state index contributed by atoms with van der Waals surface area (Å²) in [5, 5.41) is 3.11. The second kappa shape index (κ2) is 4.59. The maximum absolute atomic E-state index is 5.65. The van der Waals surface area contributed by atoms with Crippen molar-refractivity contribution in [2.45, 2.75) is 19.6 Å². The average Bonchev–Trinajstić information content (AvgIpc) is 2.11. The Morgan fingerprint density at radius 3 is 2.93 bits per heavy atom. The molecule has 2 rings (SSSR count). The Morgan fingerprint density at radius 1 is 1.53 bits per heavy atom. The summed E-state index contributed by atoms with van der Waals surface area (Å²) in [6.45, 7) is 4.16. The zero-order chi connectivity index (χ0) is 10.7. The molecule has 1 aliphatic rings. The first-order chi connectivity index (χ1) is 7.28. The number of nitrogens with zero attached hydrogens (tertiary/aromatic N) is 1. The number of aryl methyl sites for hydroxylation is 1. The van der Waals surface area contributed by atoms with E-state index < -0.39 is 0 Å². The van der Waals surface area contributed by atoms with Crippen molar-refractivity contribution < 1.29 is 9.47 Å². The van der Waals surface area contributed by atoms with Crippen LogP contribution in [0.1, 0.15) is 11.3 Å². The van der Waals surface area contributed by atoms with E-state index in [-0.39, 0.29) is 6.10 Å². The Hall–Kier alpha value is -1.13. The van der Waals surface area contributed by atoms with Gasteiger partial charge in [-0.15, -0.1) is 0 Å². The molecule has 4 nitrogen and oxygen atoms in total. The molecule has 0 unspecified atom stereocenters.